The summed E-state index contributed by atoms with van der Waals surface area (Å²) in [6.45, 7) is 1.33. The van der Waals surface area contributed by atoms with E-state index in [4.69, 9.17) is 4.74 Å². The first-order valence-electron chi connectivity index (χ1n) is 9.81. The van der Waals surface area contributed by atoms with Crippen molar-refractivity contribution in [3.8, 4) is 5.75 Å². The highest BCUT2D eigenvalue weighted by molar-refractivity contribution is 7.89. The van der Waals surface area contributed by atoms with Gasteiger partial charge in [-0.15, -0.1) is 0 Å². The zero-order valence-electron chi connectivity index (χ0n) is 16.8. The number of ether oxygens (including phenoxy) is 1. The molecule has 0 unspecified atom stereocenters. The predicted molar refractivity (Wildman–Crippen MR) is 113 cm³/mol. The average Bonchev–Trinajstić information content (AvgIpc) is 3.04. The number of aryl methyl sites for hydroxylation is 1. The molecule has 0 aliphatic carbocycles. The monoisotopic (exact) mass is 428 g/mol. The van der Waals surface area contributed by atoms with Crippen LogP contribution in [0.3, 0.4) is 0 Å². The Kier molecular flexibility index (Phi) is 5.74. The average molecular weight is 429 g/mol. The summed E-state index contributed by atoms with van der Waals surface area (Å²) in [5.41, 5.74) is 0. The van der Waals surface area contributed by atoms with Crippen LogP contribution in [-0.4, -0.2) is 65.9 Å². The van der Waals surface area contributed by atoms with Gasteiger partial charge in [0.05, 0.1) is 6.33 Å². The van der Waals surface area contributed by atoms with Gasteiger partial charge in [-0.05, 0) is 29.3 Å². The van der Waals surface area contributed by atoms with Gasteiger partial charge in [-0.2, -0.15) is 4.31 Å². The number of benzene rings is 2. The van der Waals surface area contributed by atoms with Crippen LogP contribution in [0.2, 0.25) is 0 Å². The van der Waals surface area contributed by atoms with Crippen LogP contribution in [0.5, 0.6) is 5.75 Å². The number of carbonyl (C=O) groups is 1. The van der Waals surface area contributed by atoms with Gasteiger partial charge in [0.15, 0.2) is 11.6 Å². The minimum Gasteiger partial charge on any atom is -0.484 e. The molecule has 1 amide bonds. The molecule has 1 saturated heterocycles. The van der Waals surface area contributed by atoms with E-state index in [9.17, 15) is 13.2 Å². The van der Waals surface area contributed by atoms with E-state index in [1.54, 1.807) is 16.5 Å². The highest BCUT2D eigenvalue weighted by Gasteiger charge is 2.29. The van der Waals surface area contributed by atoms with Crippen LogP contribution >= 0.6 is 0 Å². The van der Waals surface area contributed by atoms with Crippen molar-refractivity contribution in [2.75, 3.05) is 32.8 Å². The lowest BCUT2D eigenvalue weighted by molar-refractivity contribution is -0.133. The van der Waals surface area contributed by atoms with E-state index in [2.05, 4.69) is 4.98 Å². The summed E-state index contributed by atoms with van der Waals surface area (Å²) >= 11 is 0. The minimum atomic E-state index is -3.66. The van der Waals surface area contributed by atoms with Crippen molar-refractivity contribution < 1.29 is 17.9 Å². The molecule has 0 atom stereocenters. The molecule has 2 heterocycles. The Bertz CT molecular complexity index is 1160. The Morgan fingerprint density at radius 1 is 1.07 bits per heavy atom. The zero-order chi connectivity index (χ0) is 21.1. The van der Waals surface area contributed by atoms with Crippen LogP contribution in [-0.2, 0) is 21.9 Å². The largest absolute Gasteiger partial charge is 0.484 e. The van der Waals surface area contributed by atoms with Crippen LogP contribution in [0.4, 0.5) is 0 Å². The lowest BCUT2D eigenvalue weighted by atomic mass is 10.1. The molecule has 2 aromatic carbocycles. The smallest absolute Gasteiger partial charge is 0.262 e. The number of amides is 1. The van der Waals surface area contributed by atoms with E-state index < -0.39 is 10.0 Å². The lowest BCUT2D eigenvalue weighted by Crippen LogP contribution is -2.39. The van der Waals surface area contributed by atoms with E-state index >= 15 is 0 Å². The molecule has 1 fully saturated rings. The normalized spacial score (nSPS) is 15.8. The van der Waals surface area contributed by atoms with E-state index in [1.165, 1.54) is 16.8 Å². The number of aromatic nitrogens is 2. The van der Waals surface area contributed by atoms with Crippen LogP contribution in [0.15, 0.2) is 60.0 Å². The number of fused-ring (bicyclic) bond motifs is 1. The maximum Gasteiger partial charge on any atom is 0.262 e. The molecule has 4 rings (SSSR count). The van der Waals surface area contributed by atoms with Crippen molar-refractivity contribution in [1.82, 2.24) is 18.8 Å². The Morgan fingerprint density at radius 3 is 2.63 bits per heavy atom. The van der Waals surface area contributed by atoms with Gasteiger partial charge in [0.25, 0.3) is 15.9 Å². The van der Waals surface area contributed by atoms with Crippen molar-refractivity contribution >= 4 is 26.7 Å². The first-order chi connectivity index (χ1) is 14.4. The third kappa shape index (κ3) is 4.31. The zero-order valence-corrected chi connectivity index (χ0v) is 17.6. The third-order valence-corrected chi connectivity index (χ3v) is 6.96. The van der Waals surface area contributed by atoms with E-state index in [1.807, 2.05) is 42.5 Å². The standard InChI is InChI=1S/C21H24N4O4S/c1-23-14-20(22-16-23)30(27,28)25-10-4-9-24(11-12-25)21(26)15-29-19-8-7-17-5-2-3-6-18(17)13-19/h2-3,5-8,13-14,16H,4,9-12,15H2,1H3. The fourth-order valence-electron chi connectivity index (χ4n) is 3.53. The van der Waals surface area contributed by atoms with Crippen molar-refractivity contribution in [3.63, 3.8) is 0 Å². The number of imidazole rings is 1. The van der Waals surface area contributed by atoms with Gasteiger partial charge < -0.3 is 14.2 Å². The molecule has 0 bridgehead atoms. The summed E-state index contributed by atoms with van der Waals surface area (Å²) in [4.78, 5) is 18.3. The summed E-state index contributed by atoms with van der Waals surface area (Å²) in [5, 5.41) is 2.19. The SMILES string of the molecule is Cn1cnc(S(=O)(=O)N2CCCN(C(=O)COc3ccc4ccccc4c3)CC2)c1. The second-order valence-corrected chi connectivity index (χ2v) is 9.20. The highest BCUT2D eigenvalue weighted by atomic mass is 32.2. The van der Waals surface area contributed by atoms with Gasteiger partial charge in [-0.25, -0.2) is 13.4 Å². The highest BCUT2D eigenvalue weighted by Crippen LogP contribution is 2.21. The Hall–Kier alpha value is -2.91. The minimum absolute atomic E-state index is 0.0319. The Morgan fingerprint density at radius 2 is 1.87 bits per heavy atom. The molecule has 3 aromatic rings. The van der Waals surface area contributed by atoms with Crippen LogP contribution in [0, 0.1) is 0 Å². The molecular weight excluding hydrogens is 404 g/mol. The third-order valence-electron chi connectivity index (χ3n) is 5.18. The fourth-order valence-corrected chi connectivity index (χ4v) is 4.97. The molecule has 0 N–H and O–H groups in total. The van der Waals surface area contributed by atoms with Gasteiger partial charge in [-0.3, -0.25) is 4.79 Å². The predicted octanol–water partition coefficient (Wildman–Crippen LogP) is 1.88. The first kappa shape index (κ1) is 20.4. The molecule has 9 heteroatoms. The van der Waals surface area contributed by atoms with Gasteiger partial charge >= 0.3 is 0 Å². The van der Waals surface area contributed by atoms with Gasteiger partial charge in [0.1, 0.15) is 5.75 Å². The molecule has 1 aromatic heterocycles. The quantitative estimate of drug-likeness (QED) is 0.620. The molecule has 1 aliphatic rings. The van der Waals surface area contributed by atoms with E-state index in [-0.39, 0.29) is 24.1 Å². The van der Waals surface area contributed by atoms with Gasteiger partial charge in [-0.1, -0.05) is 30.3 Å². The topological polar surface area (TPSA) is 84.7 Å². The van der Waals surface area contributed by atoms with Crippen LogP contribution < -0.4 is 4.74 Å². The van der Waals surface area contributed by atoms with Crippen molar-refractivity contribution in [2.24, 2.45) is 7.05 Å². The molecule has 30 heavy (non-hydrogen) atoms. The number of sulfonamides is 1. The molecule has 8 nitrogen and oxygen atoms in total. The number of hydrogen-bond donors (Lipinski definition) is 0. The van der Waals surface area contributed by atoms with Gasteiger partial charge in [0.2, 0.25) is 0 Å². The second kappa shape index (κ2) is 8.45. The molecule has 0 radical (unpaired) electrons. The molecule has 1 aliphatic heterocycles. The lowest BCUT2D eigenvalue weighted by Gasteiger charge is -2.21. The maximum absolute atomic E-state index is 12.8. The fraction of sp³-hybridized carbons (Fsp3) is 0.333. The first-order valence-corrected chi connectivity index (χ1v) is 11.2. The summed E-state index contributed by atoms with van der Waals surface area (Å²) in [7, 11) is -1.93. The van der Waals surface area contributed by atoms with Gasteiger partial charge in [0, 0.05) is 39.4 Å². The Labute approximate surface area is 175 Å². The molecule has 0 spiro atoms. The number of nitrogens with zero attached hydrogens (tertiary/aromatic N) is 4. The number of rotatable bonds is 5. The summed E-state index contributed by atoms with van der Waals surface area (Å²) in [6.07, 6.45) is 3.51. The Balaban J connectivity index is 1.36. The molecule has 0 saturated carbocycles. The van der Waals surface area contributed by atoms with Crippen LogP contribution in [0.1, 0.15) is 6.42 Å². The maximum atomic E-state index is 12.8. The van der Waals surface area contributed by atoms with Crippen molar-refractivity contribution in [3.05, 3.63) is 55.0 Å². The van der Waals surface area contributed by atoms with E-state index in [0.717, 1.165) is 10.8 Å². The molecular formula is C21H24N4O4S. The molecule has 158 valence electrons. The van der Waals surface area contributed by atoms with Crippen LogP contribution in [0.25, 0.3) is 10.8 Å². The summed E-state index contributed by atoms with van der Waals surface area (Å²) in [5.74, 6) is 0.483. The summed E-state index contributed by atoms with van der Waals surface area (Å²) < 4.78 is 34.2. The number of hydrogen-bond acceptors (Lipinski definition) is 5. The second-order valence-electron chi connectivity index (χ2n) is 7.31. The van der Waals surface area contributed by atoms with E-state index in [0.29, 0.717) is 31.8 Å². The van der Waals surface area contributed by atoms with Crippen molar-refractivity contribution in [1.29, 1.82) is 0 Å². The van der Waals surface area contributed by atoms with Crippen molar-refractivity contribution in [2.45, 2.75) is 11.4 Å². The number of carbonyl (C=O) groups excluding carboxylic acids is 1. The summed E-state index contributed by atoms with van der Waals surface area (Å²) in [6, 6.07) is 13.7.